The van der Waals surface area contributed by atoms with Crippen LogP contribution in [0.5, 0.6) is 5.75 Å². The van der Waals surface area contributed by atoms with Crippen LogP contribution >= 0.6 is 0 Å². The summed E-state index contributed by atoms with van der Waals surface area (Å²) < 4.78 is 5.13. The van der Waals surface area contributed by atoms with Gasteiger partial charge in [0.2, 0.25) is 0 Å². The number of nitrogens with one attached hydrogen (secondary N) is 1. The van der Waals surface area contributed by atoms with Crippen LogP contribution in [0.2, 0.25) is 0 Å². The lowest BCUT2D eigenvalue weighted by Crippen LogP contribution is -2.16. The van der Waals surface area contributed by atoms with Gasteiger partial charge in [-0.05, 0) is 48.4 Å². The Hall–Kier alpha value is -2.38. The van der Waals surface area contributed by atoms with E-state index < -0.39 is 0 Å². The molecule has 0 saturated heterocycles. The smallest absolute Gasteiger partial charge is 0.136 e. The lowest BCUT2D eigenvalue weighted by molar-refractivity contribution is 0.413. The summed E-state index contributed by atoms with van der Waals surface area (Å²) in [4.78, 5) is 3.99. The van der Waals surface area contributed by atoms with E-state index in [0.29, 0.717) is 11.3 Å². The monoisotopic (exact) mass is 267 g/mol. The predicted molar refractivity (Wildman–Crippen MR) is 77.4 cm³/mol. The Morgan fingerprint density at radius 3 is 2.70 bits per heavy atom. The lowest BCUT2D eigenvalue weighted by atomic mass is 10.1. The van der Waals surface area contributed by atoms with Crippen molar-refractivity contribution in [1.82, 2.24) is 10.3 Å². The summed E-state index contributed by atoms with van der Waals surface area (Å²) in [5, 5.41) is 12.4. The summed E-state index contributed by atoms with van der Waals surface area (Å²) >= 11 is 0. The normalized spacial score (nSPS) is 10.0. The van der Waals surface area contributed by atoms with Crippen molar-refractivity contribution in [3.63, 3.8) is 0 Å². The van der Waals surface area contributed by atoms with E-state index >= 15 is 0 Å². The molecule has 0 unspecified atom stereocenters. The van der Waals surface area contributed by atoms with Crippen LogP contribution in [0.25, 0.3) is 0 Å². The zero-order valence-corrected chi connectivity index (χ0v) is 11.5. The lowest BCUT2D eigenvalue weighted by Gasteiger charge is -2.07. The van der Waals surface area contributed by atoms with Crippen LogP contribution < -0.4 is 10.1 Å². The van der Waals surface area contributed by atoms with E-state index in [2.05, 4.69) is 16.4 Å². The van der Waals surface area contributed by atoms with Gasteiger partial charge in [0.25, 0.3) is 0 Å². The van der Waals surface area contributed by atoms with E-state index in [1.165, 1.54) is 5.56 Å². The average Bonchev–Trinajstić information content (AvgIpc) is 2.52. The van der Waals surface area contributed by atoms with Gasteiger partial charge in [-0.15, -0.1) is 0 Å². The highest BCUT2D eigenvalue weighted by atomic mass is 16.5. The molecule has 2 aromatic rings. The van der Waals surface area contributed by atoms with E-state index in [-0.39, 0.29) is 0 Å². The highest BCUT2D eigenvalue weighted by molar-refractivity contribution is 5.45. The highest BCUT2D eigenvalue weighted by Crippen LogP contribution is 2.18. The topological polar surface area (TPSA) is 57.9 Å². The van der Waals surface area contributed by atoms with Crippen molar-refractivity contribution in [3.05, 3.63) is 59.4 Å². The number of rotatable bonds is 6. The van der Waals surface area contributed by atoms with Crippen molar-refractivity contribution in [2.75, 3.05) is 13.7 Å². The average molecular weight is 267 g/mol. The fourth-order valence-electron chi connectivity index (χ4n) is 1.97. The largest absolute Gasteiger partial charge is 0.495 e. The van der Waals surface area contributed by atoms with Gasteiger partial charge in [0, 0.05) is 18.9 Å². The third-order valence-electron chi connectivity index (χ3n) is 3.05. The van der Waals surface area contributed by atoms with E-state index in [9.17, 15) is 0 Å². The van der Waals surface area contributed by atoms with E-state index in [4.69, 9.17) is 10.00 Å². The van der Waals surface area contributed by atoms with Gasteiger partial charge < -0.3 is 10.1 Å². The Bertz CT molecular complexity index is 590. The van der Waals surface area contributed by atoms with Crippen LogP contribution in [-0.2, 0) is 13.0 Å². The highest BCUT2D eigenvalue weighted by Gasteiger charge is 2.03. The second-order valence-corrected chi connectivity index (χ2v) is 4.43. The second kappa shape index (κ2) is 7.27. The van der Waals surface area contributed by atoms with Crippen molar-refractivity contribution in [1.29, 1.82) is 5.26 Å². The van der Waals surface area contributed by atoms with Crippen LogP contribution in [0.4, 0.5) is 0 Å². The molecule has 0 atom stereocenters. The predicted octanol–water partition coefficient (Wildman–Crippen LogP) is 2.29. The molecule has 20 heavy (non-hydrogen) atoms. The molecule has 1 heterocycles. The first-order valence-corrected chi connectivity index (χ1v) is 6.50. The molecule has 4 heteroatoms. The van der Waals surface area contributed by atoms with E-state index in [0.717, 1.165) is 25.1 Å². The van der Waals surface area contributed by atoms with Crippen molar-refractivity contribution >= 4 is 0 Å². The molecule has 1 aromatic heterocycles. The fraction of sp³-hybridized carbons (Fsp3) is 0.250. The number of hydrogen-bond acceptors (Lipinski definition) is 4. The minimum atomic E-state index is 0.570. The molecular weight excluding hydrogens is 250 g/mol. The Kier molecular flexibility index (Phi) is 5.10. The molecule has 1 N–H and O–H groups in total. The first kappa shape index (κ1) is 14.0. The Balaban J connectivity index is 1.84. The molecule has 0 aliphatic carbocycles. The van der Waals surface area contributed by atoms with Crippen molar-refractivity contribution in [2.24, 2.45) is 0 Å². The summed E-state index contributed by atoms with van der Waals surface area (Å²) in [5.41, 5.74) is 2.91. The fourth-order valence-corrected chi connectivity index (χ4v) is 1.97. The zero-order valence-electron chi connectivity index (χ0n) is 11.5. The van der Waals surface area contributed by atoms with Gasteiger partial charge in [0.05, 0.1) is 12.7 Å². The van der Waals surface area contributed by atoms with Gasteiger partial charge in [-0.25, -0.2) is 0 Å². The van der Waals surface area contributed by atoms with E-state index in [1.54, 1.807) is 19.5 Å². The molecule has 0 aliphatic heterocycles. The molecule has 0 spiro atoms. The first-order chi connectivity index (χ1) is 9.83. The summed E-state index contributed by atoms with van der Waals surface area (Å²) in [5.74, 6) is 0.619. The molecule has 1 aromatic carbocycles. The summed E-state index contributed by atoms with van der Waals surface area (Å²) in [6, 6.07) is 11.8. The zero-order chi connectivity index (χ0) is 14.2. The second-order valence-electron chi connectivity index (χ2n) is 4.43. The molecule has 102 valence electrons. The summed E-state index contributed by atoms with van der Waals surface area (Å²) in [6.45, 7) is 1.63. The Morgan fingerprint density at radius 1 is 1.20 bits per heavy atom. The molecule has 2 rings (SSSR count). The number of pyridine rings is 1. The minimum absolute atomic E-state index is 0.570. The van der Waals surface area contributed by atoms with Crippen LogP contribution in [0.15, 0.2) is 42.7 Å². The SMILES string of the molecule is COc1ccc(CNCCc2ccncc2)cc1C#N. The standard InChI is InChI=1S/C16H17N3O/c1-20-16-3-2-14(10-15(16)11-17)12-19-9-6-13-4-7-18-8-5-13/h2-5,7-8,10,19H,6,9,12H2,1H3. The van der Waals surface area contributed by atoms with Crippen LogP contribution in [0.1, 0.15) is 16.7 Å². The van der Waals surface area contributed by atoms with Crippen LogP contribution in [-0.4, -0.2) is 18.6 Å². The molecule has 0 saturated carbocycles. The Labute approximate surface area is 119 Å². The maximum Gasteiger partial charge on any atom is 0.136 e. The van der Waals surface area contributed by atoms with E-state index in [1.807, 2.05) is 30.3 Å². The maximum atomic E-state index is 9.04. The van der Waals surface area contributed by atoms with Gasteiger partial charge in [-0.2, -0.15) is 5.26 Å². The number of methoxy groups -OCH3 is 1. The van der Waals surface area contributed by atoms with Gasteiger partial charge in [0.1, 0.15) is 11.8 Å². The molecule has 0 bridgehead atoms. The van der Waals surface area contributed by atoms with Gasteiger partial charge >= 0.3 is 0 Å². The Morgan fingerprint density at radius 2 is 2.00 bits per heavy atom. The van der Waals surface area contributed by atoms with Crippen LogP contribution in [0.3, 0.4) is 0 Å². The number of nitriles is 1. The number of ether oxygens (including phenoxy) is 1. The molecule has 0 aliphatic rings. The van der Waals surface area contributed by atoms with Crippen LogP contribution in [0, 0.1) is 11.3 Å². The summed E-state index contributed by atoms with van der Waals surface area (Å²) in [6.07, 6.45) is 4.57. The van der Waals surface area contributed by atoms with Gasteiger partial charge in [-0.1, -0.05) is 6.07 Å². The molecule has 0 radical (unpaired) electrons. The molecule has 4 nitrogen and oxygen atoms in total. The third kappa shape index (κ3) is 3.81. The minimum Gasteiger partial charge on any atom is -0.495 e. The first-order valence-electron chi connectivity index (χ1n) is 6.50. The van der Waals surface area contributed by atoms with Crippen molar-refractivity contribution < 1.29 is 4.74 Å². The van der Waals surface area contributed by atoms with Crippen molar-refractivity contribution in [3.8, 4) is 11.8 Å². The molecule has 0 fully saturated rings. The number of aromatic nitrogens is 1. The maximum absolute atomic E-state index is 9.04. The molecular formula is C16H17N3O. The number of hydrogen-bond donors (Lipinski definition) is 1. The van der Waals surface area contributed by atoms with Gasteiger partial charge in [0.15, 0.2) is 0 Å². The molecule has 0 amide bonds. The third-order valence-corrected chi connectivity index (χ3v) is 3.05. The quantitative estimate of drug-likeness (QED) is 0.816. The number of benzene rings is 1. The summed E-state index contributed by atoms with van der Waals surface area (Å²) in [7, 11) is 1.57. The van der Waals surface area contributed by atoms with Crippen molar-refractivity contribution in [2.45, 2.75) is 13.0 Å². The number of nitrogens with zero attached hydrogens (tertiary/aromatic N) is 2. The van der Waals surface area contributed by atoms with Gasteiger partial charge in [-0.3, -0.25) is 4.98 Å².